The fraction of sp³-hybridized carbons (Fsp3) is 0.556. The fourth-order valence-corrected chi connectivity index (χ4v) is 1.20. The number of nitrogens with zero attached hydrogens (tertiary/aromatic N) is 3. The van der Waals surface area contributed by atoms with Gasteiger partial charge in [-0.2, -0.15) is 5.10 Å². The minimum atomic E-state index is -0.549. The fourth-order valence-electron chi connectivity index (χ4n) is 1.20. The third-order valence-electron chi connectivity index (χ3n) is 2.01. The van der Waals surface area contributed by atoms with Crippen molar-refractivity contribution in [2.45, 2.75) is 13.5 Å². The molecule has 0 aliphatic carbocycles. The van der Waals surface area contributed by atoms with Gasteiger partial charge >= 0.3 is 5.69 Å². The molecule has 1 aromatic rings. The quantitative estimate of drug-likeness (QED) is 0.413. The van der Waals surface area contributed by atoms with Crippen molar-refractivity contribution in [1.29, 1.82) is 0 Å². The van der Waals surface area contributed by atoms with E-state index < -0.39 is 4.92 Å². The van der Waals surface area contributed by atoms with Crippen molar-refractivity contribution in [3.63, 3.8) is 0 Å². The Hall–Kier alpha value is -1.67. The zero-order valence-corrected chi connectivity index (χ0v) is 10.8. The van der Waals surface area contributed by atoms with Gasteiger partial charge in [-0.3, -0.25) is 19.6 Å². The molecule has 9 heteroatoms. The van der Waals surface area contributed by atoms with E-state index in [9.17, 15) is 14.9 Å². The number of rotatable bonds is 7. The summed E-state index contributed by atoms with van der Waals surface area (Å²) in [6.45, 7) is 4.03. The molecule has 0 unspecified atom stereocenters. The Morgan fingerprint density at radius 3 is 2.83 bits per heavy atom. The number of nitrogens with one attached hydrogen (secondary N) is 2. The van der Waals surface area contributed by atoms with Crippen LogP contribution in [-0.4, -0.2) is 40.2 Å². The molecule has 8 nitrogen and oxygen atoms in total. The molecule has 102 valence electrons. The first-order valence-corrected chi connectivity index (χ1v) is 5.27. The molecule has 2 N–H and O–H groups in total. The van der Waals surface area contributed by atoms with Crippen molar-refractivity contribution in [3.05, 3.63) is 22.5 Å². The van der Waals surface area contributed by atoms with Gasteiger partial charge < -0.3 is 10.6 Å². The molecule has 0 bridgehead atoms. The second-order valence-corrected chi connectivity index (χ2v) is 3.36. The molecule has 0 aromatic carbocycles. The highest BCUT2D eigenvalue weighted by Gasteiger charge is 2.10. The molecule has 0 atom stereocenters. The summed E-state index contributed by atoms with van der Waals surface area (Å²) in [4.78, 5) is 21.2. The van der Waals surface area contributed by atoms with Crippen LogP contribution in [0.3, 0.4) is 0 Å². The van der Waals surface area contributed by atoms with Crippen LogP contribution in [0.15, 0.2) is 12.4 Å². The highest BCUT2D eigenvalue weighted by molar-refractivity contribution is 5.85. The van der Waals surface area contributed by atoms with Crippen LogP contribution in [0.25, 0.3) is 0 Å². The second-order valence-electron chi connectivity index (χ2n) is 3.36. The largest absolute Gasteiger partial charge is 0.353 e. The average molecular weight is 278 g/mol. The molecule has 0 radical (unpaired) electrons. The molecule has 0 saturated carbocycles. The third kappa shape index (κ3) is 5.60. The van der Waals surface area contributed by atoms with Gasteiger partial charge in [0, 0.05) is 13.1 Å². The van der Waals surface area contributed by atoms with E-state index in [1.807, 2.05) is 6.92 Å². The van der Waals surface area contributed by atoms with Gasteiger partial charge in [-0.25, -0.2) is 0 Å². The van der Waals surface area contributed by atoms with E-state index >= 15 is 0 Å². The molecule has 0 fully saturated rings. The molecule has 1 amide bonds. The lowest BCUT2D eigenvalue weighted by molar-refractivity contribution is -0.385. The summed E-state index contributed by atoms with van der Waals surface area (Å²) in [7, 11) is 0. The Morgan fingerprint density at radius 2 is 2.28 bits per heavy atom. The molecule has 1 heterocycles. The molecule has 18 heavy (non-hydrogen) atoms. The van der Waals surface area contributed by atoms with Crippen LogP contribution >= 0.6 is 12.4 Å². The maximum atomic E-state index is 11.4. The lowest BCUT2D eigenvalue weighted by Crippen LogP contribution is -2.33. The number of carbonyl (C=O) groups excluding carboxylic acids is 1. The summed E-state index contributed by atoms with van der Waals surface area (Å²) in [5.74, 6) is -0.221. The third-order valence-corrected chi connectivity index (χ3v) is 2.01. The first-order chi connectivity index (χ1) is 8.13. The SMILES string of the molecule is CCNCCNC(=O)Cn1cc([N+](=O)[O-])cn1.Cl. The normalized spacial score (nSPS) is 9.61. The smallest absolute Gasteiger partial charge is 0.307 e. The van der Waals surface area contributed by atoms with E-state index in [4.69, 9.17) is 0 Å². The maximum Gasteiger partial charge on any atom is 0.307 e. The molecule has 0 aliphatic rings. The first-order valence-electron chi connectivity index (χ1n) is 5.27. The lowest BCUT2D eigenvalue weighted by atomic mass is 10.5. The van der Waals surface area contributed by atoms with Gasteiger partial charge in [-0.1, -0.05) is 6.92 Å². The van der Waals surface area contributed by atoms with E-state index in [0.29, 0.717) is 13.1 Å². The van der Waals surface area contributed by atoms with Crippen LogP contribution in [0.4, 0.5) is 5.69 Å². The monoisotopic (exact) mass is 277 g/mol. The van der Waals surface area contributed by atoms with Crippen LogP contribution in [-0.2, 0) is 11.3 Å². The zero-order chi connectivity index (χ0) is 12.7. The first kappa shape index (κ1) is 16.3. The number of carbonyl (C=O) groups is 1. The van der Waals surface area contributed by atoms with Gasteiger partial charge in [0.25, 0.3) is 0 Å². The summed E-state index contributed by atoms with van der Waals surface area (Å²) < 4.78 is 1.24. The van der Waals surface area contributed by atoms with Crippen LogP contribution in [0.2, 0.25) is 0 Å². The molecule has 0 aliphatic heterocycles. The van der Waals surface area contributed by atoms with E-state index in [2.05, 4.69) is 15.7 Å². The zero-order valence-electron chi connectivity index (χ0n) is 9.96. The Kier molecular flexibility index (Phi) is 7.64. The van der Waals surface area contributed by atoms with Crippen LogP contribution in [0, 0.1) is 10.1 Å². The standard InChI is InChI=1S/C9H15N5O3.ClH/c1-2-10-3-4-11-9(15)7-13-6-8(5-12-13)14(16)17;/h5-6,10H,2-4,7H2,1H3,(H,11,15);1H. The van der Waals surface area contributed by atoms with Crippen molar-refractivity contribution in [2.75, 3.05) is 19.6 Å². The number of hydrogen-bond acceptors (Lipinski definition) is 5. The Balaban J connectivity index is 0.00000289. The van der Waals surface area contributed by atoms with Gasteiger partial charge in [0.05, 0.1) is 4.92 Å². The van der Waals surface area contributed by atoms with Gasteiger partial charge in [0.15, 0.2) is 0 Å². The molecule has 0 saturated heterocycles. The number of halogens is 1. The summed E-state index contributed by atoms with van der Waals surface area (Å²) in [6.07, 6.45) is 2.34. The molecule has 0 spiro atoms. The Bertz CT molecular complexity index is 395. The van der Waals surface area contributed by atoms with Crippen molar-refractivity contribution < 1.29 is 9.72 Å². The average Bonchev–Trinajstić information content (AvgIpc) is 2.73. The van der Waals surface area contributed by atoms with Crippen molar-refractivity contribution in [3.8, 4) is 0 Å². The molecule has 1 aromatic heterocycles. The second kappa shape index (κ2) is 8.43. The van der Waals surface area contributed by atoms with Crippen molar-refractivity contribution >= 4 is 24.0 Å². The number of hydrogen-bond donors (Lipinski definition) is 2. The van der Waals surface area contributed by atoms with Crippen molar-refractivity contribution in [1.82, 2.24) is 20.4 Å². The number of nitro groups is 1. The maximum absolute atomic E-state index is 11.4. The van der Waals surface area contributed by atoms with Crippen LogP contribution in [0.1, 0.15) is 6.92 Å². The van der Waals surface area contributed by atoms with Gasteiger partial charge in [-0.05, 0) is 6.54 Å². The van der Waals surface area contributed by atoms with Gasteiger partial charge in [0.1, 0.15) is 18.9 Å². The van der Waals surface area contributed by atoms with Crippen LogP contribution in [0.5, 0.6) is 0 Å². The Morgan fingerprint density at radius 1 is 1.56 bits per heavy atom. The van der Waals surface area contributed by atoms with E-state index in [-0.39, 0.29) is 30.5 Å². The van der Waals surface area contributed by atoms with E-state index in [0.717, 1.165) is 12.7 Å². The topological polar surface area (TPSA) is 102 Å². The predicted octanol–water partition coefficient (Wildman–Crippen LogP) is -0.0612. The molecule has 1 rings (SSSR count). The van der Waals surface area contributed by atoms with Gasteiger partial charge in [-0.15, -0.1) is 12.4 Å². The number of aromatic nitrogens is 2. The highest BCUT2D eigenvalue weighted by Crippen LogP contribution is 2.06. The van der Waals surface area contributed by atoms with E-state index in [1.54, 1.807) is 0 Å². The van der Waals surface area contributed by atoms with E-state index in [1.165, 1.54) is 10.9 Å². The summed E-state index contributed by atoms with van der Waals surface area (Å²) in [6, 6.07) is 0. The predicted molar refractivity (Wildman–Crippen MR) is 67.7 cm³/mol. The Labute approximate surface area is 110 Å². The summed E-state index contributed by atoms with van der Waals surface area (Å²) in [5, 5.41) is 19.8. The number of amides is 1. The lowest BCUT2D eigenvalue weighted by Gasteiger charge is -2.05. The molecular formula is C9H16ClN5O3. The summed E-state index contributed by atoms with van der Waals surface area (Å²) in [5.41, 5.74) is -0.120. The minimum absolute atomic E-state index is 0. The van der Waals surface area contributed by atoms with Gasteiger partial charge in [0.2, 0.25) is 5.91 Å². The summed E-state index contributed by atoms with van der Waals surface area (Å²) >= 11 is 0. The highest BCUT2D eigenvalue weighted by atomic mass is 35.5. The number of likely N-dealkylation sites (N-methyl/N-ethyl adjacent to an activating group) is 1. The molecular weight excluding hydrogens is 262 g/mol. The minimum Gasteiger partial charge on any atom is -0.353 e. The van der Waals surface area contributed by atoms with Crippen LogP contribution < -0.4 is 10.6 Å². The van der Waals surface area contributed by atoms with Crippen molar-refractivity contribution in [2.24, 2.45) is 0 Å².